The molecule has 0 saturated carbocycles. The largest absolute Gasteiger partial charge is 0.467 e. The molecule has 2 rings (SSSR count). The second kappa shape index (κ2) is 9.16. The standard InChI is InChI=1S/C19H27NO5S/c1-11(2)7-14(18(22)24-4)20-17(21)10-25-19(23)16-9-13-8-12(3)5-6-15(13)26-16/h9,11-12,14H,5-8,10H2,1-4H3,(H,20,21)/t12-,14+/m1/s1. The Morgan fingerprint density at radius 2 is 2.08 bits per heavy atom. The van der Waals surface area contributed by atoms with Crippen LogP contribution in [0.15, 0.2) is 6.07 Å². The van der Waals surface area contributed by atoms with E-state index in [1.807, 2.05) is 19.9 Å². The first-order valence-corrected chi connectivity index (χ1v) is 9.77. The van der Waals surface area contributed by atoms with Gasteiger partial charge in [0.25, 0.3) is 5.91 Å². The average Bonchev–Trinajstić information content (AvgIpc) is 3.01. The first kappa shape index (κ1) is 20.4. The fourth-order valence-electron chi connectivity index (χ4n) is 3.07. The molecule has 0 unspecified atom stereocenters. The van der Waals surface area contributed by atoms with Gasteiger partial charge in [-0.05, 0) is 49.1 Å². The lowest BCUT2D eigenvalue weighted by atomic mass is 9.90. The Morgan fingerprint density at radius 3 is 2.73 bits per heavy atom. The van der Waals surface area contributed by atoms with Gasteiger partial charge in [0, 0.05) is 4.88 Å². The van der Waals surface area contributed by atoms with Crippen LogP contribution in [-0.4, -0.2) is 37.6 Å². The molecule has 2 atom stereocenters. The van der Waals surface area contributed by atoms with Gasteiger partial charge in [0.05, 0.1) is 7.11 Å². The first-order chi connectivity index (χ1) is 12.3. The highest BCUT2D eigenvalue weighted by atomic mass is 32.1. The summed E-state index contributed by atoms with van der Waals surface area (Å²) in [6.07, 6.45) is 3.57. The third kappa shape index (κ3) is 5.56. The topological polar surface area (TPSA) is 81.7 Å². The maximum Gasteiger partial charge on any atom is 0.348 e. The van der Waals surface area contributed by atoms with Crippen LogP contribution in [-0.2, 0) is 31.9 Å². The minimum Gasteiger partial charge on any atom is -0.467 e. The fourth-order valence-corrected chi connectivity index (χ4v) is 4.17. The van der Waals surface area contributed by atoms with Crippen molar-refractivity contribution >= 4 is 29.2 Å². The van der Waals surface area contributed by atoms with Crippen LogP contribution in [0, 0.1) is 11.8 Å². The van der Waals surface area contributed by atoms with Crippen molar-refractivity contribution in [1.82, 2.24) is 5.32 Å². The lowest BCUT2D eigenvalue weighted by Crippen LogP contribution is -2.44. The molecule has 0 saturated heterocycles. The summed E-state index contributed by atoms with van der Waals surface area (Å²) >= 11 is 1.45. The van der Waals surface area contributed by atoms with Crippen molar-refractivity contribution in [3.05, 3.63) is 21.4 Å². The fraction of sp³-hybridized carbons (Fsp3) is 0.632. The maximum absolute atomic E-state index is 12.2. The van der Waals surface area contributed by atoms with Gasteiger partial charge in [-0.3, -0.25) is 4.79 Å². The molecule has 0 radical (unpaired) electrons. The van der Waals surface area contributed by atoms with Crippen LogP contribution < -0.4 is 5.32 Å². The number of fused-ring (bicyclic) bond motifs is 1. The Kier molecular flexibility index (Phi) is 7.20. The summed E-state index contributed by atoms with van der Waals surface area (Å²) in [4.78, 5) is 37.8. The number of ether oxygens (including phenoxy) is 2. The molecule has 144 valence electrons. The van der Waals surface area contributed by atoms with Crippen LogP contribution in [0.4, 0.5) is 0 Å². The van der Waals surface area contributed by atoms with E-state index in [0.29, 0.717) is 17.2 Å². The van der Waals surface area contributed by atoms with Gasteiger partial charge in [0.2, 0.25) is 0 Å². The lowest BCUT2D eigenvalue weighted by Gasteiger charge is -2.18. The van der Waals surface area contributed by atoms with Crippen LogP contribution in [0.25, 0.3) is 0 Å². The van der Waals surface area contributed by atoms with E-state index >= 15 is 0 Å². The summed E-state index contributed by atoms with van der Waals surface area (Å²) < 4.78 is 9.83. The zero-order chi connectivity index (χ0) is 19.3. The minimum atomic E-state index is -0.734. The Morgan fingerprint density at radius 1 is 1.35 bits per heavy atom. The maximum atomic E-state index is 12.2. The average molecular weight is 381 g/mol. The second-order valence-electron chi connectivity index (χ2n) is 7.26. The second-order valence-corrected chi connectivity index (χ2v) is 8.39. The number of thiophene rings is 1. The summed E-state index contributed by atoms with van der Waals surface area (Å²) in [7, 11) is 1.28. The molecule has 1 aromatic rings. The van der Waals surface area contributed by atoms with Gasteiger partial charge in [-0.1, -0.05) is 20.8 Å². The van der Waals surface area contributed by atoms with Gasteiger partial charge in [0.15, 0.2) is 6.61 Å². The van der Waals surface area contributed by atoms with Crippen molar-refractivity contribution in [1.29, 1.82) is 0 Å². The van der Waals surface area contributed by atoms with Gasteiger partial charge >= 0.3 is 11.9 Å². The highest BCUT2D eigenvalue weighted by Crippen LogP contribution is 2.32. The smallest absolute Gasteiger partial charge is 0.348 e. The molecule has 0 aromatic carbocycles. The van der Waals surface area contributed by atoms with E-state index < -0.39 is 30.5 Å². The number of amides is 1. The molecule has 0 fully saturated rings. The van der Waals surface area contributed by atoms with E-state index in [1.54, 1.807) is 0 Å². The van der Waals surface area contributed by atoms with E-state index in [1.165, 1.54) is 28.9 Å². The molecule has 6 nitrogen and oxygen atoms in total. The molecule has 0 spiro atoms. The van der Waals surface area contributed by atoms with Crippen molar-refractivity contribution in [2.45, 2.75) is 52.5 Å². The molecular formula is C19H27NO5S. The number of carbonyl (C=O) groups excluding carboxylic acids is 3. The normalized spacial score (nSPS) is 17.3. The summed E-state index contributed by atoms with van der Waals surface area (Å²) in [5, 5.41) is 2.57. The van der Waals surface area contributed by atoms with Gasteiger partial charge in [-0.25, -0.2) is 9.59 Å². The Labute approximate surface area is 158 Å². The van der Waals surface area contributed by atoms with E-state index in [9.17, 15) is 14.4 Å². The van der Waals surface area contributed by atoms with E-state index in [2.05, 4.69) is 12.2 Å². The number of nitrogens with one attached hydrogen (secondary N) is 1. The molecular weight excluding hydrogens is 354 g/mol. The van der Waals surface area contributed by atoms with Crippen molar-refractivity contribution < 1.29 is 23.9 Å². The first-order valence-electron chi connectivity index (χ1n) is 8.96. The molecule has 1 amide bonds. The monoisotopic (exact) mass is 381 g/mol. The van der Waals surface area contributed by atoms with Gasteiger partial charge in [-0.2, -0.15) is 0 Å². The van der Waals surface area contributed by atoms with Crippen LogP contribution in [0.5, 0.6) is 0 Å². The van der Waals surface area contributed by atoms with Crippen molar-refractivity contribution in [2.24, 2.45) is 11.8 Å². The Bertz CT molecular complexity index is 667. The predicted octanol–water partition coefficient (Wildman–Crippen LogP) is 2.73. The van der Waals surface area contributed by atoms with Gasteiger partial charge in [0.1, 0.15) is 10.9 Å². The van der Waals surface area contributed by atoms with E-state index in [0.717, 1.165) is 19.3 Å². The van der Waals surface area contributed by atoms with Crippen molar-refractivity contribution in [3.8, 4) is 0 Å². The molecule has 1 heterocycles. The number of carbonyl (C=O) groups is 3. The highest BCUT2D eigenvalue weighted by molar-refractivity contribution is 7.14. The van der Waals surface area contributed by atoms with Crippen LogP contribution in [0.3, 0.4) is 0 Å². The zero-order valence-corrected chi connectivity index (χ0v) is 16.6. The molecule has 26 heavy (non-hydrogen) atoms. The molecule has 1 aliphatic rings. The highest BCUT2D eigenvalue weighted by Gasteiger charge is 2.24. The third-order valence-electron chi connectivity index (χ3n) is 4.39. The molecule has 7 heteroatoms. The molecule has 1 aromatic heterocycles. The Balaban J connectivity index is 1.88. The zero-order valence-electron chi connectivity index (χ0n) is 15.8. The van der Waals surface area contributed by atoms with E-state index in [4.69, 9.17) is 9.47 Å². The number of aryl methyl sites for hydroxylation is 1. The number of rotatable bonds is 7. The number of methoxy groups -OCH3 is 1. The molecule has 0 aliphatic heterocycles. The quantitative estimate of drug-likeness (QED) is 0.735. The predicted molar refractivity (Wildman–Crippen MR) is 99.2 cm³/mol. The number of hydrogen-bond acceptors (Lipinski definition) is 6. The molecule has 0 bridgehead atoms. The molecule has 1 aliphatic carbocycles. The molecule has 1 N–H and O–H groups in total. The summed E-state index contributed by atoms with van der Waals surface area (Å²) in [6, 6.07) is 1.15. The third-order valence-corrected chi connectivity index (χ3v) is 5.61. The van der Waals surface area contributed by atoms with Crippen LogP contribution in [0.2, 0.25) is 0 Å². The SMILES string of the molecule is COC(=O)[C@H](CC(C)C)NC(=O)COC(=O)c1cc2c(s1)CC[C@@H](C)C2. The van der Waals surface area contributed by atoms with Crippen molar-refractivity contribution in [3.63, 3.8) is 0 Å². The summed E-state index contributed by atoms with van der Waals surface area (Å²) in [5.41, 5.74) is 1.22. The summed E-state index contributed by atoms with van der Waals surface area (Å²) in [6.45, 7) is 5.68. The van der Waals surface area contributed by atoms with Gasteiger partial charge < -0.3 is 14.8 Å². The minimum absolute atomic E-state index is 0.210. The van der Waals surface area contributed by atoms with Crippen molar-refractivity contribution in [2.75, 3.05) is 13.7 Å². The Hall–Kier alpha value is -1.89. The van der Waals surface area contributed by atoms with Gasteiger partial charge in [-0.15, -0.1) is 11.3 Å². The van der Waals surface area contributed by atoms with E-state index in [-0.39, 0.29) is 5.92 Å². The number of esters is 2. The lowest BCUT2D eigenvalue weighted by molar-refractivity contribution is -0.145. The van der Waals surface area contributed by atoms with Crippen LogP contribution >= 0.6 is 11.3 Å². The number of hydrogen-bond donors (Lipinski definition) is 1. The van der Waals surface area contributed by atoms with Crippen LogP contribution in [0.1, 0.15) is 53.7 Å². The summed E-state index contributed by atoms with van der Waals surface area (Å²) in [5.74, 6) is -0.668.